The van der Waals surface area contributed by atoms with E-state index in [-0.39, 0.29) is 27.5 Å². The topological polar surface area (TPSA) is 129 Å². The molecule has 0 atom stereocenters. The van der Waals surface area contributed by atoms with E-state index in [1.54, 1.807) is 12.1 Å². The summed E-state index contributed by atoms with van der Waals surface area (Å²) in [6.07, 6.45) is 2.59. The molecule has 2 aromatic heterocycles. The van der Waals surface area contributed by atoms with Crippen molar-refractivity contribution in [2.24, 2.45) is 0 Å². The van der Waals surface area contributed by atoms with Crippen LogP contribution in [0, 0.1) is 0 Å². The van der Waals surface area contributed by atoms with E-state index in [1.165, 1.54) is 56.0 Å². The highest BCUT2D eigenvalue weighted by Crippen LogP contribution is 2.25. The number of sulfone groups is 1. The molecule has 0 aliphatic carbocycles. The zero-order valence-corrected chi connectivity index (χ0v) is 17.0. The largest absolute Gasteiger partial charge is 0.497 e. The smallest absolute Gasteiger partial charge is 0.372 e. The van der Waals surface area contributed by atoms with Crippen molar-refractivity contribution in [2.45, 2.75) is 16.3 Å². The number of hydrogen-bond donors (Lipinski definition) is 1. The van der Waals surface area contributed by atoms with Crippen molar-refractivity contribution in [3.63, 3.8) is 0 Å². The molecule has 10 heteroatoms. The molecule has 31 heavy (non-hydrogen) atoms. The Labute approximate surface area is 176 Å². The van der Waals surface area contributed by atoms with Crippen LogP contribution in [0.5, 0.6) is 5.75 Å². The minimum atomic E-state index is -3.80. The highest BCUT2D eigenvalue weighted by Gasteiger charge is 2.20. The third-order valence-electron chi connectivity index (χ3n) is 4.77. The fourth-order valence-electron chi connectivity index (χ4n) is 3.15. The molecule has 0 radical (unpaired) electrons. The van der Waals surface area contributed by atoms with Gasteiger partial charge in [0, 0.05) is 10.9 Å². The molecule has 0 spiro atoms. The Kier molecular flexibility index (Phi) is 5.07. The summed E-state index contributed by atoms with van der Waals surface area (Å²) in [5.74, 6) is -0.983. The Balaban J connectivity index is 1.72. The van der Waals surface area contributed by atoms with Crippen molar-refractivity contribution in [1.29, 1.82) is 0 Å². The molecule has 2 heterocycles. The molecular formula is C21H16N2O7S. The Bertz CT molecular complexity index is 1450. The van der Waals surface area contributed by atoms with Gasteiger partial charge in [0.1, 0.15) is 5.75 Å². The number of aromatic nitrogens is 2. The number of fused-ring (bicyclic) bond motifs is 1. The number of furan rings is 1. The first-order valence-corrected chi connectivity index (χ1v) is 10.5. The van der Waals surface area contributed by atoms with Gasteiger partial charge in [-0.25, -0.2) is 17.9 Å². The summed E-state index contributed by atoms with van der Waals surface area (Å²) < 4.78 is 36.9. The predicted molar refractivity (Wildman–Crippen MR) is 109 cm³/mol. The number of benzene rings is 2. The second-order valence-electron chi connectivity index (χ2n) is 6.62. The lowest BCUT2D eigenvalue weighted by Crippen LogP contribution is -2.24. The SMILES string of the molecule is COc1ccc(S(=O)(=O)c2ccc3c(=O)n(Cc4ccoc4C(=O)O)ncc3c2)cc1. The molecular weight excluding hydrogens is 424 g/mol. The first-order valence-electron chi connectivity index (χ1n) is 9.00. The molecule has 1 N–H and O–H groups in total. The Hall–Kier alpha value is -3.92. The zero-order chi connectivity index (χ0) is 22.2. The molecule has 0 fully saturated rings. The minimum absolute atomic E-state index is 0.0205. The van der Waals surface area contributed by atoms with Crippen LogP contribution in [0.2, 0.25) is 0 Å². The molecule has 4 rings (SSSR count). The van der Waals surface area contributed by atoms with Gasteiger partial charge in [-0.3, -0.25) is 4.79 Å². The van der Waals surface area contributed by atoms with Crippen molar-refractivity contribution in [3.8, 4) is 5.75 Å². The van der Waals surface area contributed by atoms with Gasteiger partial charge in [-0.2, -0.15) is 5.10 Å². The van der Waals surface area contributed by atoms with E-state index < -0.39 is 21.4 Å². The maximum absolute atomic E-state index is 12.9. The Morgan fingerprint density at radius 3 is 2.52 bits per heavy atom. The first-order chi connectivity index (χ1) is 14.8. The van der Waals surface area contributed by atoms with Crippen LogP contribution in [-0.4, -0.2) is 36.4 Å². The van der Waals surface area contributed by atoms with Gasteiger partial charge >= 0.3 is 5.97 Å². The fourth-order valence-corrected chi connectivity index (χ4v) is 4.44. The van der Waals surface area contributed by atoms with Crippen LogP contribution in [0.15, 0.2) is 80.0 Å². The normalized spacial score (nSPS) is 11.5. The van der Waals surface area contributed by atoms with Gasteiger partial charge in [-0.15, -0.1) is 0 Å². The van der Waals surface area contributed by atoms with Gasteiger partial charge in [0.15, 0.2) is 0 Å². The molecule has 0 amide bonds. The standard InChI is InChI=1S/C21H16N2O7S/c1-29-15-2-4-16(5-3-15)31(27,28)17-6-7-18-14(10-17)11-22-23(20(18)24)12-13-8-9-30-19(13)21(25)26/h2-11H,12H2,1H3,(H,25,26). The van der Waals surface area contributed by atoms with Gasteiger partial charge in [0.05, 0.1) is 41.3 Å². The minimum Gasteiger partial charge on any atom is -0.497 e. The number of nitrogens with zero attached hydrogens (tertiary/aromatic N) is 2. The quantitative estimate of drug-likeness (QED) is 0.484. The lowest BCUT2D eigenvalue weighted by Gasteiger charge is -2.09. The summed E-state index contributed by atoms with van der Waals surface area (Å²) in [5, 5.41) is 13.8. The van der Waals surface area contributed by atoms with Gasteiger partial charge in [0.2, 0.25) is 15.6 Å². The molecule has 0 aliphatic rings. The number of carboxylic acid groups (broad SMARTS) is 1. The van der Waals surface area contributed by atoms with Crippen LogP contribution in [0.1, 0.15) is 16.1 Å². The summed E-state index contributed by atoms with van der Waals surface area (Å²) in [4.78, 5) is 24.1. The van der Waals surface area contributed by atoms with Crippen LogP contribution in [0.4, 0.5) is 0 Å². The van der Waals surface area contributed by atoms with Crippen molar-refractivity contribution < 1.29 is 27.5 Å². The second-order valence-corrected chi connectivity index (χ2v) is 8.57. The number of aromatic carboxylic acids is 1. The zero-order valence-electron chi connectivity index (χ0n) is 16.2. The number of rotatable bonds is 6. The second kappa shape index (κ2) is 7.73. The number of ether oxygens (including phenoxy) is 1. The molecule has 0 saturated carbocycles. The van der Waals surface area contributed by atoms with Crippen LogP contribution in [-0.2, 0) is 16.4 Å². The van der Waals surface area contributed by atoms with Crippen LogP contribution in [0.25, 0.3) is 10.8 Å². The summed E-state index contributed by atoms with van der Waals surface area (Å²) in [5.41, 5.74) is -0.191. The monoisotopic (exact) mass is 440 g/mol. The van der Waals surface area contributed by atoms with Gasteiger partial charge in [0.25, 0.3) is 5.56 Å². The van der Waals surface area contributed by atoms with Gasteiger partial charge in [-0.1, -0.05) is 0 Å². The van der Waals surface area contributed by atoms with E-state index in [1.807, 2.05) is 0 Å². The molecule has 4 aromatic rings. The van der Waals surface area contributed by atoms with Crippen molar-refractivity contribution in [2.75, 3.05) is 7.11 Å². The average molecular weight is 440 g/mol. The lowest BCUT2D eigenvalue weighted by atomic mass is 10.2. The van der Waals surface area contributed by atoms with Crippen molar-refractivity contribution in [1.82, 2.24) is 9.78 Å². The number of methoxy groups -OCH3 is 1. The van der Waals surface area contributed by atoms with Crippen LogP contribution in [0.3, 0.4) is 0 Å². The summed E-state index contributed by atoms with van der Waals surface area (Å²) >= 11 is 0. The highest BCUT2D eigenvalue weighted by atomic mass is 32.2. The van der Waals surface area contributed by atoms with E-state index in [4.69, 9.17) is 14.3 Å². The molecule has 0 aliphatic heterocycles. The van der Waals surface area contributed by atoms with E-state index in [2.05, 4.69) is 5.10 Å². The third-order valence-corrected chi connectivity index (χ3v) is 6.53. The van der Waals surface area contributed by atoms with Crippen LogP contribution < -0.4 is 10.3 Å². The third kappa shape index (κ3) is 3.68. The summed E-state index contributed by atoms with van der Waals surface area (Å²) in [6.45, 7) is -0.0984. The van der Waals surface area contributed by atoms with E-state index in [0.717, 1.165) is 4.68 Å². The summed E-state index contributed by atoms with van der Waals surface area (Å²) in [7, 11) is -2.32. The van der Waals surface area contributed by atoms with Crippen molar-refractivity contribution in [3.05, 3.63) is 82.7 Å². The number of carboxylic acids is 1. The molecule has 0 bridgehead atoms. The van der Waals surface area contributed by atoms with E-state index in [0.29, 0.717) is 16.7 Å². The van der Waals surface area contributed by atoms with Crippen LogP contribution >= 0.6 is 0 Å². The molecule has 0 saturated heterocycles. The Morgan fingerprint density at radius 2 is 1.84 bits per heavy atom. The predicted octanol–water partition coefficient (Wildman–Crippen LogP) is 2.58. The maximum Gasteiger partial charge on any atom is 0.372 e. The molecule has 158 valence electrons. The average Bonchev–Trinajstić information content (AvgIpc) is 3.24. The molecule has 0 unspecified atom stereocenters. The van der Waals surface area contributed by atoms with E-state index in [9.17, 15) is 18.0 Å². The van der Waals surface area contributed by atoms with E-state index >= 15 is 0 Å². The Morgan fingerprint density at radius 1 is 1.13 bits per heavy atom. The number of carbonyl (C=O) groups is 1. The lowest BCUT2D eigenvalue weighted by molar-refractivity contribution is 0.0660. The highest BCUT2D eigenvalue weighted by molar-refractivity contribution is 7.91. The maximum atomic E-state index is 12.9. The molecule has 9 nitrogen and oxygen atoms in total. The van der Waals surface area contributed by atoms with Crippen molar-refractivity contribution >= 4 is 26.6 Å². The van der Waals surface area contributed by atoms with Gasteiger partial charge in [-0.05, 0) is 48.5 Å². The van der Waals surface area contributed by atoms with Gasteiger partial charge < -0.3 is 14.3 Å². The fraction of sp³-hybridized carbons (Fsp3) is 0.0952. The first kappa shape index (κ1) is 20.4. The molecule has 2 aromatic carbocycles. The number of hydrogen-bond acceptors (Lipinski definition) is 7. The summed E-state index contributed by atoms with van der Waals surface area (Å²) in [6, 6.07) is 11.6.